The minimum absolute atomic E-state index is 0.569. The van der Waals surface area contributed by atoms with Crippen LogP contribution in [0.25, 0.3) is 42.2 Å². The molecule has 0 saturated heterocycles. The molecule has 0 aliphatic rings. The minimum Gasteiger partial charge on any atom is -0.255 e. The Bertz CT molecular complexity index is 1440. The van der Waals surface area contributed by atoms with Crippen LogP contribution in [0.15, 0.2) is 66.9 Å². The van der Waals surface area contributed by atoms with Gasteiger partial charge in [-0.1, -0.05) is 76.0 Å². The second kappa shape index (κ2) is 8.13. The molecule has 32 heavy (non-hydrogen) atoms. The molecule has 2 aromatic heterocycles. The second-order valence-electron chi connectivity index (χ2n) is 9.87. The Balaban J connectivity index is 1.82. The molecule has 3 heteroatoms. The molecule has 0 N–H and O–H groups in total. The molecule has 0 atom stereocenters. The summed E-state index contributed by atoms with van der Waals surface area (Å²) in [6, 6.07) is 22.7. The fourth-order valence-corrected chi connectivity index (χ4v) is 8.77. The van der Waals surface area contributed by atoms with Crippen LogP contribution < -0.4 is 5.19 Å². The topological polar surface area (TPSA) is 12.9 Å². The van der Waals surface area contributed by atoms with Crippen LogP contribution in [0.4, 0.5) is 0 Å². The maximum Gasteiger partial charge on any atom is 0.0880 e. The summed E-state index contributed by atoms with van der Waals surface area (Å²) in [5.74, 6) is 0.569. The maximum atomic E-state index is 4.94. The van der Waals surface area contributed by atoms with Crippen LogP contribution in [0.1, 0.15) is 38.2 Å². The molecule has 0 amide bonds. The Morgan fingerprint density at radius 3 is 2.28 bits per heavy atom. The lowest BCUT2D eigenvalue weighted by molar-refractivity contribution is 0.647. The van der Waals surface area contributed by atoms with Crippen LogP contribution in [0.5, 0.6) is 0 Å². The molecule has 2 heterocycles. The monoisotopic (exact) mass is 453 g/mol. The lowest BCUT2D eigenvalue weighted by Crippen LogP contribution is -2.37. The van der Waals surface area contributed by atoms with Crippen LogP contribution in [-0.2, 0) is 0 Å². The zero-order valence-electron chi connectivity index (χ0n) is 19.7. The third-order valence-corrected chi connectivity index (χ3v) is 10.3. The molecule has 5 rings (SSSR count). The van der Waals surface area contributed by atoms with Gasteiger partial charge in [-0.25, -0.2) is 0 Å². The third kappa shape index (κ3) is 3.48. The standard InChI is InChI=1S/C29H31NSSi/c1-6-19(7-2)25-18-21(17-20-11-8-9-12-22(20)25)27-29-24(15-16-30-27)23-13-10-14-26(28(23)31-29)32(3,4)5/h8-19H,6-7H2,1-5H3. The Hall–Kier alpha value is -2.49. The van der Waals surface area contributed by atoms with E-state index in [1.807, 2.05) is 17.5 Å². The summed E-state index contributed by atoms with van der Waals surface area (Å²) in [5, 5.41) is 6.98. The van der Waals surface area contributed by atoms with Crippen LogP contribution in [0, 0.1) is 0 Å². The van der Waals surface area contributed by atoms with Crippen molar-refractivity contribution in [3.63, 3.8) is 0 Å². The van der Waals surface area contributed by atoms with Gasteiger partial charge in [0.1, 0.15) is 0 Å². The van der Waals surface area contributed by atoms with E-state index in [4.69, 9.17) is 4.98 Å². The predicted molar refractivity (Wildman–Crippen MR) is 146 cm³/mol. The SMILES string of the molecule is CCC(CC)c1cc(-c2nccc3c2sc2c([Si](C)(C)C)cccc23)cc2ccccc12. The first-order valence-corrected chi connectivity index (χ1v) is 16.1. The lowest BCUT2D eigenvalue weighted by Gasteiger charge is -2.18. The first-order chi connectivity index (χ1) is 15.4. The highest BCUT2D eigenvalue weighted by atomic mass is 32.1. The van der Waals surface area contributed by atoms with Crippen molar-refractivity contribution in [3.8, 4) is 11.3 Å². The van der Waals surface area contributed by atoms with Gasteiger partial charge >= 0.3 is 0 Å². The van der Waals surface area contributed by atoms with Crippen molar-refractivity contribution in [1.82, 2.24) is 4.98 Å². The van der Waals surface area contributed by atoms with Gasteiger partial charge in [-0.15, -0.1) is 11.3 Å². The number of nitrogens with zero attached hydrogens (tertiary/aromatic N) is 1. The van der Waals surface area contributed by atoms with E-state index in [1.165, 1.54) is 42.1 Å². The molecule has 0 aliphatic heterocycles. The number of rotatable bonds is 5. The fraction of sp³-hybridized carbons (Fsp3) is 0.276. The Labute approximate surface area is 196 Å². The molecule has 0 radical (unpaired) electrons. The largest absolute Gasteiger partial charge is 0.255 e. The molecule has 3 aromatic carbocycles. The Morgan fingerprint density at radius 2 is 1.53 bits per heavy atom. The van der Waals surface area contributed by atoms with Crippen LogP contribution in [0.3, 0.4) is 0 Å². The van der Waals surface area contributed by atoms with Crippen LogP contribution >= 0.6 is 11.3 Å². The fourth-order valence-electron chi connectivity index (χ4n) is 5.06. The van der Waals surface area contributed by atoms with Crippen LogP contribution in [0.2, 0.25) is 19.6 Å². The summed E-state index contributed by atoms with van der Waals surface area (Å²) in [7, 11) is -1.44. The van der Waals surface area contributed by atoms with Crippen molar-refractivity contribution in [1.29, 1.82) is 0 Å². The minimum atomic E-state index is -1.44. The van der Waals surface area contributed by atoms with Gasteiger partial charge in [-0.3, -0.25) is 4.98 Å². The lowest BCUT2D eigenvalue weighted by atomic mass is 9.87. The summed E-state index contributed by atoms with van der Waals surface area (Å²) >= 11 is 1.94. The molecular weight excluding hydrogens is 422 g/mol. The molecule has 0 bridgehead atoms. The van der Waals surface area contributed by atoms with Gasteiger partial charge in [-0.05, 0) is 58.5 Å². The second-order valence-corrected chi connectivity index (χ2v) is 15.9. The molecule has 0 fully saturated rings. The third-order valence-electron chi connectivity index (χ3n) is 6.81. The highest BCUT2D eigenvalue weighted by molar-refractivity contribution is 7.28. The van der Waals surface area contributed by atoms with E-state index in [2.05, 4.69) is 94.2 Å². The average Bonchev–Trinajstić information content (AvgIpc) is 3.18. The summed E-state index contributed by atoms with van der Waals surface area (Å²) in [4.78, 5) is 4.94. The number of pyridine rings is 1. The summed E-state index contributed by atoms with van der Waals surface area (Å²) in [6.45, 7) is 11.9. The van der Waals surface area contributed by atoms with Gasteiger partial charge in [0, 0.05) is 27.2 Å². The zero-order valence-corrected chi connectivity index (χ0v) is 21.5. The number of aromatic nitrogens is 1. The van der Waals surface area contributed by atoms with E-state index >= 15 is 0 Å². The molecule has 0 unspecified atom stereocenters. The van der Waals surface area contributed by atoms with E-state index < -0.39 is 8.07 Å². The highest BCUT2D eigenvalue weighted by Crippen LogP contribution is 2.41. The normalized spacial score (nSPS) is 12.4. The summed E-state index contributed by atoms with van der Waals surface area (Å²) in [6.07, 6.45) is 4.31. The number of fused-ring (bicyclic) bond motifs is 4. The molecule has 0 saturated carbocycles. The number of benzene rings is 3. The predicted octanol–water partition coefficient (Wildman–Crippen LogP) is 8.72. The molecule has 0 spiro atoms. The van der Waals surface area contributed by atoms with E-state index in [9.17, 15) is 0 Å². The van der Waals surface area contributed by atoms with Gasteiger partial charge in [0.25, 0.3) is 0 Å². The van der Waals surface area contributed by atoms with Gasteiger partial charge in [0.15, 0.2) is 0 Å². The van der Waals surface area contributed by atoms with Gasteiger partial charge in [-0.2, -0.15) is 0 Å². The molecule has 162 valence electrons. The van der Waals surface area contributed by atoms with Crippen molar-refractivity contribution in [2.24, 2.45) is 0 Å². The van der Waals surface area contributed by atoms with Gasteiger partial charge in [0.05, 0.1) is 18.5 Å². The first kappa shape index (κ1) is 21.4. The van der Waals surface area contributed by atoms with E-state index in [-0.39, 0.29) is 0 Å². The Morgan fingerprint density at radius 1 is 0.812 bits per heavy atom. The number of thiophene rings is 1. The summed E-state index contributed by atoms with van der Waals surface area (Å²) in [5.41, 5.74) is 3.84. The quantitative estimate of drug-likeness (QED) is 0.242. The van der Waals surface area contributed by atoms with E-state index in [1.54, 1.807) is 5.19 Å². The zero-order chi connectivity index (χ0) is 22.5. The van der Waals surface area contributed by atoms with Crippen molar-refractivity contribution >= 4 is 55.5 Å². The van der Waals surface area contributed by atoms with Gasteiger partial charge in [0.2, 0.25) is 0 Å². The smallest absolute Gasteiger partial charge is 0.0880 e. The first-order valence-electron chi connectivity index (χ1n) is 11.8. The molecule has 0 aliphatic carbocycles. The highest BCUT2D eigenvalue weighted by Gasteiger charge is 2.22. The van der Waals surface area contributed by atoms with Crippen molar-refractivity contribution in [2.45, 2.75) is 52.2 Å². The molecule has 5 aromatic rings. The van der Waals surface area contributed by atoms with Gasteiger partial charge < -0.3 is 0 Å². The van der Waals surface area contributed by atoms with E-state index in [0.29, 0.717) is 5.92 Å². The van der Waals surface area contributed by atoms with E-state index in [0.717, 1.165) is 18.5 Å². The number of hydrogen-bond acceptors (Lipinski definition) is 2. The summed E-state index contributed by atoms with van der Waals surface area (Å²) < 4.78 is 2.77. The van der Waals surface area contributed by atoms with Crippen molar-refractivity contribution in [3.05, 3.63) is 72.4 Å². The maximum absolute atomic E-state index is 4.94. The number of hydrogen-bond donors (Lipinski definition) is 0. The van der Waals surface area contributed by atoms with Crippen molar-refractivity contribution in [2.75, 3.05) is 0 Å². The Kier molecular flexibility index (Phi) is 5.43. The average molecular weight is 454 g/mol. The van der Waals surface area contributed by atoms with Crippen LogP contribution in [-0.4, -0.2) is 13.1 Å². The van der Waals surface area contributed by atoms with Crippen molar-refractivity contribution < 1.29 is 0 Å². The molecular formula is C29H31NSSi. The molecule has 1 nitrogen and oxygen atoms in total.